The van der Waals surface area contributed by atoms with Gasteiger partial charge in [-0.1, -0.05) is 0 Å². The molecule has 0 aromatic heterocycles. The quantitative estimate of drug-likeness (QED) is 0.719. The molecule has 0 saturated heterocycles. The lowest BCUT2D eigenvalue weighted by Crippen LogP contribution is -2.11. The number of amides is 1. The molecule has 1 amide bonds. The van der Waals surface area contributed by atoms with Crippen LogP contribution in [0.25, 0.3) is 0 Å². The number of aromatic hydroxyl groups is 1. The Labute approximate surface area is 96.6 Å². The number of phenols is 1. The SMILES string of the molecule is NC(=O)c1cc(I)c(O)c(I)c1. The maximum absolute atomic E-state index is 10.8. The number of halogens is 2. The molecule has 0 aliphatic heterocycles. The summed E-state index contributed by atoms with van der Waals surface area (Å²) in [6.07, 6.45) is 0. The van der Waals surface area contributed by atoms with Gasteiger partial charge in [0, 0.05) is 5.56 Å². The first-order chi connectivity index (χ1) is 5.52. The van der Waals surface area contributed by atoms with E-state index in [1.54, 1.807) is 12.1 Å². The predicted molar refractivity (Wildman–Crippen MR) is 62.1 cm³/mol. The third-order valence-electron chi connectivity index (χ3n) is 1.30. The molecular formula is C7H5I2NO2. The second-order valence-electron chi connectivity index (χ2n) is 2.15. The van der Waals surface area contributed by atoms with E-state index in [1.807, 2.05) is 45.2 Å². The number of benzene rings is 1. The van der Waals surface area contributed by atoms with Crippen molar-refractivity contribution in [2.75, 3.05) is 0 Å². The summed E-state index contributed by atoms with van der Waals surface area (Å²) in [6, 6.07) is 3.11. The molecule has 1 aromatic carbocycles. The summed E-state index contributed by atoms with van der Waals surface area (Å²) in [6.45, 7) is 0. The molecule has 0 heterocycles. The highest BCUT2D eigenvalue weighted by Gasteiger charge is 2.08. The molecule has 12 heavy (non-hydrogen) atoms. The molecule has 0 spiro atoms. The van der Waals surface area contributed by atoms with E-state index in [0.29, 0.717) is 12.7 Å². The molecule has 1 rings (SSSR count). The van der Waals surface area contributed by atoms with Gasteiger partial charge in [0.05, 0.1) is 7.14 Å². The molecular weight excluding hydrogens is 384 g/mol. The van der Waals surface area contributed by atoms with Crippen molar-refractivity contribution in [3.05, 3.63) is 24.8 Å². The van der Waals surface area contributed by atoms with Gasteiger partial charge >= 0.3 is 0 Å². The summed E-state index contributed by atoms with van der Waals surface area (Å²) in [4.78, 5) is 10.8. The highest BCUT2D eigenvalue weighted by atomic mass is 127. The van der Waals surface area contributed by atoms with Gasteiger partial charge in [-0.05, 0) is 57.3 Å². The van der Waals surface area contributed by atoms with E-state index in [1.165, 1.54) is 0 Å². The lowest BCUT2D eigenvalue weighted by atomic mass is 10.2. The van der Waals surface area contributed by atoms with Crippen LogP contribution < -0.4 is 5.73 Å². The Balaban J connectivity index is 3.31. The van der Waals surface area contributed by atoms with Gasteiger partial charge in [-0.2, -0.15) is 0 Å². The first-order valence-corrected chi connectivity index (χ1v) is 5.16. The third kappa shape index (κ3) is 2.00. The van der Waals surface area contributed by atoms with E-state index in [9.17, 15) is 9.90 Å². The van der Waals surface area contributed by atoms with Crippen LogP contribution in [0, 0.1) is 7.14 Å². The average Bonchev–Trinajstić information content (AvgIpc) is 1.99. The Hall–Kier alpha value is -0.0500. The van der Waals surface area contributed by atoms with Crippen molar-refractivity contribution in [1.29, 1.82) is 0 Å². The highest BCUT2D eigenvalue weighted by molar-refractivity contribution is 14.1. The van der Waals surface area contributed by atoms with E-state index in [2.05, 4.69) is 0 Å². The molecule has 0 fully saturated rings. The van der Waals surface area contributed by atoms with Crippen LogP contribution in [0.1, 0.15) is 10.4 Å². The molecule has 0 radical (unpaired) electrons. The van der Waals surface area contributed by atoms with Crippen molar-refractivity contribution in [2.24, 2.45) is 5.73 Å². The first kappa shape index (κ1) is 10.0. The van der Waals surface area contributed by atoms with Gasteiger partial charge in [0.2, 0.25) is 5.91 Å². The van der Waals surface area contributed by atoms with E-state index < -0.39 is 5.91 Å². The highest BCUT2D eigenvalue weighted by Crippen LogP contribution is 2.26. The molecule has 0 atom stereocenters. The zero-order valence-electron chi connectivity index (χ0n) is 5.84. The summed E-state index contributed by atoms with van der Waals surface area (Å²) in [5.41, 5.74) is 5.49. The zero-order valence-corrected chi connectivity index (χ0v) is 10.2. The van der Waals surface area contributed by atoms with E-state index in [4.69, 9.17) is 5.73 Å². The van der Waals surface area contributed by atoms with Crippen LogP contribution >= 0.6 is 45.2 Å². The monoisotopic (exact) mass is 389 g/mol. The topological polar surface area (TPSA) is 63.3 Å². The molecule has 3 N–H and O–H groups in total. The Morgan fingerprint density at radius 3 is 2.08 bits per heavy atom. The summed E-state index contributed by atoms with van der Waals surface area (Å²) in [7, 11) is 0. The Kier molecular flexibility index (Phi) is 3.16. The molecule has 0 bridgehead atoms. The standard InChI is InChI=1S/C7H5I2NO2/c8-4-1-3(7(10)12)2-5(9)6(4)11/h1-2,11H,(H2,10,12). The van der Waals surface area contributed by atoms with Crippen molar-refractivity contribution < 1.29 is 9.90 Å². The van der Waals surface area contributed by atoms with Gasteiger partial charge in [0.25, 0.3) is 0 Å². The molecule has 0 aliphatic rings. The van der Waals surface area contributed by atoms with E-state index >= 15 is 0 Å². The van der Waals surface area contributed by atoms with E-state index in [0.717, 1.165) is 0 Å². The van der Waals surface area contributed by atoms with Gasteiger partial charge in [0.15, 0.2) is 0 Å². The van der Waals surface area contributed by atoms with Crippen molar-refractivity contribution in [2.45, 2.75) is 0 Å². The molecule has 0 aliphatic carbocycles. The van der Waals surface area contributed by atoms with Crippen LogP contribution in [0.4, 0.5) is 0 Å². The third-order valence-corrected chi connectivity index (χ3v) is 2.95. The van der Waals surface area contributed by atoms with Crippen LogP contribution in [-0.4, -0.2) is 11.0 Å². The van der Waals surface area contributed by atoms with Gasteiger partial charge < -0.3 is 10.8 Å². The Morgan fingerprint density at radius 2 is 1.75 bits per heavy atom. The summed E-state index contributed by atoms with van der Waals surface area (Å²) in [5.74, 6) is -0.285. The summed E-state index contributed by atoms with van der Waals surface area (Å²) in [5, 5.41) is 9.35. The molecule has 1 aromatic rings. The number of hydrogen-bond acceptors (Lipinski definition) is 2. The minimum atomic E-state index is -0.481. The summed E-state index contributed by atoms with van der Waals surface area (Å²) >= 11 is 3.89. The number of carbonyl (C=O) groups excluding carboxylic acids is 1. The fourth-order valence-corrected chi connectivity index (χ4v) is 2.48. The normalized spacial score (nSPS) is 9.83. The molecule has 0 saturated carbocycles. The summed E-state index contributed by atoms with van der Waals surface area (Å²) < 4.78 is 1.27. The lowest BCUT2D eigenvalue weighted by molar-refractivity contribution is 0.1000. The Morgan fingerprint density at radius 1 is 1.33 bits per heavy atom. The largest absolute Gasteiger partial charge is 0.506 e. The lowest BCUT2D eigenvalue weighted by Gasteiger charge is -2.02. The maximum Gasteiger partial charge on any atom is 0.248 e. The van der Waals surface area contributed by atoms with Crippen LogP contribution in [0.3, 0.4) is 0 Å². The first-order valence-electron chi connectivity index (χ1n) is 3.00. The fourth-order valence-electron chi connectivity index (χ4n) is 0.708. The number of primary amides is 1. The van der Waals surface area contributed by atoms with Gasteiger partial charge in [-0.25, -0.2) is 0 Å². The van der Waals surface area contributed by atoms with Gasteiger partial charge in [-0.15, -0.1) is 0 Å². The number of carbonyl (C=O) groups is 1. The minimum Gasteiger partial charge on any atom is -0.506 e. The molecule has 5 heteroatoms. The number of nitrogens with two attached hydrogens (primary N) is 1. The molecule has 0 unspecified atom stereocenters. The molecule has 64 valence electrons. The van der Waals surface area contributed by atoms with Gasteiger partial charge in [-0.3, -0.25) is 4.79 Å². The van der Waals surface area contributed by atoms with Crippen LogP contribution in [0.2, 0.25) is 0 Å². The number of rotatable bonds is 1. The van der Waals surface area contributed by atoms with Crippen molar-refractivity contribution >= 4 is 51.1 Å². The second-order valence-corrected chi connectivity index (χ2v) is 4.48. The second kappa shape index (κ2) is 3.77. The van der Waals surface area contributed by atoms with Gasteiger partial charge in [0.1, 0.15) is 5.75 Å². The fraction of sp³-hybridized carbons (Fsp3) is 0. The van der Waals surface area contributed by atoms with Crippen molar-refractivity contribution in [3.8, 4) is 5.75 Å². The van der Waals surface area contributed by atoms with Crippen molar-refractivity contribution in [1.82, 2.24) is 0 Å². The average molecular weight is 389 g/mol. The van der Waals surface area contributed by atoms with Crippen LogP contribution in [0.5, 0.6) is 5.75 Å². The predicted octanol–water partition coefficient (Wildman–Crippen LogP) is 1.70. The smallest absolute Gasteiger partial charge is 0.248 e. The van der Waals surface area contributed by atoms with Crippen LogP contribution in [0.15, 0.2) is 12.1 Å². The maximum atomic E-state index is 10.8. The number of phenolic OH excluding ortho intramolecular Hbond substituents is 1. The van der Waals surface area contributed by atoms with Crippen LogP contribution in [-0.2, 0) is 0 Å². The zero-order chi connectivity index (χ0) is 9.30. The minimum absolute atomic E-state index is 0.196. The number of hydrogen-bond donors (Lipinski definition) is 2. The Bertz CT molecular complexity index is 315. The van der Waals surface area contributed by atoms with Crippen molar-refractivity contribution in [3.63, 3.8) is 0 Å². The molecule has 3 nitrogen and oxygen atoms in total. The van der Waals surface area contributed by atoms with E-state index in [-0.39, 0.29) is 5.75 Å².